The zero-order valence-corrected chi connectivity index (χ0v) is 19.0. The Bertz CT molecular complexity index is 1190. The molecule has 0 radical (unpaired) electrons. The highest BCUT2D eigenvalue weighted by atomic mass is 32.1. The molecule has 1 aliphatic carbocycles. The molecule has 1 aliphatic rings. The molecule has 7 heteroatoms. The SMILES string of the molecule is Cc1ccc(C)c(NC(=O)Cn2nnc3sc4c(c3c2=O)CCC(C(C)(C)C)C4)c1. The molecule has 1 unspecified atom stereocenters. The second-order valence-electron chi connectivity index (χ2n) is 9.41. The first kappa shape index (κ1) is 20.7. The number of anilines is 1. The summed E-state index contributed by atoms with van der Waals surface area (Å²) in [5.74, 6) is 0.313. The molecular weight excluding hydrogens is 396 g/mol. The highest BCUT2D eigenvalue weighted by Crippen LogP contribution is 2.41. The van der Waals surface area contributed by atoms with Crippen LogP contribution in [0.4, 0.5) is 5.69 Å². The van der Waals surface area contributed by atoms with Gasteiger partial charge in [0, 0.05) is 10.6 Å². The van der Waals surface area contributed by atoms with Crippen molar-refractivity contribution in [1.29, 1.82) is 0 Å². The van der Waals surface area contributed by atoms with Crippen LogP contribution in [0, 0.1) is 25.2 Å². The lowest BCUT2D eigenvalue weighted by Gasteiger charge is -2.33. The summed E-state index contributed by atoms with van der Waals surface area (Å²) >= 11 is 1.58. The van der Waals surface area contributed by atoms with E-state index in [1.54, 1.807) is 11.3 Å². The molecule has 0 saturated heterocycles. The minimum absolute atomic E-state index is 0.148. The fourth-order valence-corrected chi connectivity index (χ4v) is 5.40. The van der Waals surface area contributed by atoms with E-state index in [1.165, 1.54) is 9.56 Å². The molecule has 30 heavy (non-hydrogen) atoms. The number of thiophene rings is 1. The highest BCUT2D eigenvalue weighted by Gasteiger charge is 2.32. The summed E-state index contributed by atoms with van der Waals surface area (Å²) in [7, 11) is 0. The molecule has 0 fully saturated rings. The maximum absolute atomic E-state index is 13.1. The van der Waals surface area contributed by atoms with Crippen LogP contribution in [0.25, 0.3) is 10.2 Å². The molecule has 4 rings (SSSR count). The molecule has 6 nitrogen and oxygen atoms in total. The number of hydrogen-bond acceptors (Lipinski definition) is 5. The zero-order valence-electron chi connectivity index (χ0n) is 18.2. The molecule has 3 aromatic rings. The summed E-state index contributed by atoms with van der Waals surface area (Å²) in [5.41, 5.74) is 3.92. The van der Waals surface area contributed by atoms with Gasteiger partial charge in [0.15, 0.2) is 4.83 Å². The normalized spacial score (nSPS) is 16.5. The van der Waals surface area contributed by atoms with Gasteiger partial charge in [-0.1, -0.05) is 38.1 Å². The maximum Gasteiger partial charge on any atom is 0.279 e. The van der Waals surface area contributed by atoms with Crippen LogP contribution in [-0.4, -0.2) is 20.9 Å². The highest BCUT2D eigenvalue weighted by molar-refractivity contribution is 7.18. The smallest absolute Gasteiger partial charge is 0.279 e. The minimum atomic E-state index is -0.281. The number of rotatable bonds is 3. The predicted molar refractivity (Wildman–Crippen MR) is 121 cm³/mol. The summed E-state index contributed by atoms with van der Waals surface area (Å²) < 4.78 is 1.19. The molecule has 1 N–H and O–H groups in total. The number of nitrogens with one attached hydrogen (secondary N) is 1. The van der Waals surface area contributed by atoms with Crippen LogP contribution in [0.1, 0.15) is 48.8 Å². The first-order chi connectivity index (χ1) is 14.1. The quantitative estimate of drug-likeness (QED) is 0.682. The van der Waals surface area contributed by atoms with E-state index >= 15 is 0 Å². The molecular formula is C23H28N4O2S. The van der Waals surface area contributed by atoms with Crippen LogP contribution in [0.5, 0.6) is 0 Å². The Kier molecular flexibility index (Phi) is 5.26. The standard InChI is InChI=1S/C23H28N4O2S/c1-13-6-7-14(2)17(10-13)24-19(28)12-27-22(29)20-16-9-8-15(23(3,4)5)11-18(16)30-21(20)25-26-27/h6-7,10,15H,8-9,11-12H2,1-5H3,(H,24,28). The molecule has 0 saturated carbocycles. The van der Waals surface area contributed by atoms with Crippen LogP contribution in [0.15, 0.2) is 23.0 Å². The van der Waals surface area contributed by atoms with Crippen LogP contribution in [-0.2, 0) is 24.2 Å². The average molecular weight is 425 g/mol. The monoisotopic (exact) mass is 424 g/mol. The van der Waals surface area contributed by atoms with E-state index in [9.17, 15) is 9.59 Å². The van der Waals surface area contributed by atoms with Crippen LogP contribution in [0.2, 0.25) is 0 Å². The number of aryl methyl sites for hydroxylation is 3. The molecule has 0 bridgehead atoms. The van der Waals surface area contributed by atoms with Crippen molar-refractivity contribution in [2.45, 2.75) is 60.4 Å². The molecule has 2 aromatic heterocycles. The first-order valence-electron chi connectivity index (χ1n) is 10.4. The summed E-state index contributed by atoms with van der Waals surface area (Å²) in [5, 5.41) is 11.9. The van der Waals surface area contributed by atoms with E-state index in [-0.39, 0.29) is 23.4 Å². The van der Waals surface area contributed by atoms with E-state index in [1.807, 2.05) is 32.0 Å². The van der Waals surface area contributed by atoms with Crippen molar-refractivity contribution >= 4 is 33.1 Å². The lowest BCUT2D eigenvalue weighted by atomic mass is 9.72. The molecule has 1 aromatic carbocycles. The number of carbonyl (C=O) groups excluding carboxylic acids is 1. The summed E-state index contributed by atoms with van der Waals surface area (Å²) in [6, 6.07) is 5.88. The largest absolute Gasteiger partial charge is 0.324 e. The zero-order chi connectivity index (χ0) is 21.6. The van der Waals surface area contributed by atoms with Gasteiger partial charge in [-0.2, -0.15) is 0 Å². The van der Waals surface area contributed by atoms with E-state index in [4.69, 9.17) is 0 Å². The molecule has 1 atom stereocenters. The van der Waals surface area contributed by atoms with Crippen LogP contribution in [0.3, 0.4) is 0 Å². The fourth-order valence-electron chi connectivity index (χ4n) is 4.17. The van der Waals surface area contributed by atoms with Gasteiger partial charge in [-0.05, 0) is 67.2 Å². The third kappa shape index (κ3) is 3.90. The summed E-state index contributed by atoms with van der Waals surface area (Å²) in [6.07, 6.45) is 2.93. The van der Waals surface area contributed by atoms with Gasteiger partial charge in [0.1, 0.15) is 6.54 Å². The van der Waals surface area contributed by atoms with Crippen molar-refractivity contribution in [3.05, 3.63) is 50.1 Å². The molecule has 2 heterocycles. The van der Waals surface area contributed by atoms with Gasteiger partial charge in [0.05, 0.1) is 5.39 Å². The Morgan fingerprint density at radius 2 is 2.07 bits per heavy atom. The van der Waals surface area contributed by atoms with Crippen molar-refractivity contribution in [2.24, 2.45) is 11.3 Å². The van der Waals surface area contributed by atoms with Crippen molar-refractivity contribution in [3.8, 4) is 0 Å². The van der Waals surface area contributed by atoms with Gasteiger partial charge >= 0.3 is 0 Å². The molecule has 0 aliphatic heterocycles. The Hall–Kier alpha value is -2.54. The Morgan fingerprint density at radius 3 is 2.80 bits per heavy atom. The van der Waals surface area contributed by atoms with Gasteiger partial charge in [-0.25, -0.2) is 4.68 Å². The molecule has 1 amide bonds. The number of hydrogen-bond donors (Lipinski definition) is 1. The number of fused-ring (bicyclic) bond motifs is 3. The van der Waals surface area contributed by atoms with E-state index in [0.717, 1.165) is 41.6 Å². The minimum Gasteiger partial charge on any atom is -0.324 e. The third-order valence-electron chi connectivity index (χ3n) is 6.12. The van der Waals surface area contributed by atoms with E-state index in [0.29, 0.717) is 16.1 Å². The Labute approximate surface area is 180 Å². The summed E-state index contributed by atoms with van der Waals surface area (Å²) in [6.45, 7) is 10.6. The van der Waals surface area contributed by atoms with Crippen LogP contribution < -0.4 is 10.9 Å². The van der Waals surface area contributed by atoms with E-state index in [2.05, 4.69) is 36.4 Å². The van der Waals surface area contributed by atoms with Gasteiger partial charge in [-0.3, -0.25) is 9.59 Å². The number of carbonyl (C=O) groups is 1. The maximum atomic E-state index is 13.1. The first-order valence-corrected chi connectivity index (χ1v) is 11.2. The van der Waals surface area contributed by atoms with Crippen molar-refractivity contribution in [2.75, 3.05) is 5.32 Å². The Morgan fingerprint density at radius 1 is 1.30 bits per heavy atom. The van der Waals surface area contributed by atoms with Crippen molar-refractivity contribution < 1.29 is 4.79 Å². The van der Waals surface area contributed by atoms with Gasteiger partial charge in [0.25, 0.3) is 5.56 Å². The number of benzene rings is 1. The molecule has 158 valence electrons. The third-order valence-corrected chi connectivity index (χ3v) is 7.26. The number of nitrogens with zero attached hydrogens (tertiary/aromatic N) is 3. The lowest BCUT2D eigenvalue weighted by molar-refractivity contribution is -0.117. The van der Waals surface area contributed by atoms with E-state index < -0.39 is 0 Å². The van der Waals surface area contributed by atoms with Gasteiger partial charge < -0.3 is 5.32 Å². The average Bonchev–Trinajstić information content (AvgIpc) is 3.04. The van der Waals surface area contributed by atoms with Crippen molar-refractivity contribution in [3.63, 3.8) is 0 Å². The lowest BCUT2D eigenvalue weighted by Crippen LogP contribution is -2.31. The fraction of sp³-hybridized carbons (Fsp3) is 0.478. The second-order valence-corrected chi connectivity index (χ2v) is 10.5. The van der Waals surface area contributed by atoms with Gasteiger partial charge in [0.2, 0.25) is 5.91 Å². The number of aromatic nitrogens is 3. The predicted octanol–water partition coefficient (Wildman–Crippen LogP) is 4.26. The van der Waals surface area contributed by atoms with Gasteiger partial charge in [-0.15, -0.1) is 16.4 Å². The van der Waals surface area contributed by atoms with Crippen molar-refractivity contribution in [1.82, 2.24) is 15.0 Å². The topological polar surface area (TPSA) is 76.9 Å². The van der Waals surface area contributed by atoms with Crippen LogP contribution >= 0.6 is 11.3 Å². The number of amides is 1. The summed E-state index contributed by atoms with van der Waals surface area (Å²) in [4.78, 5) is 27.7. The second kappa shape index (κ2) is 7.61. The molecule has 0 spiro atoms. The Balaban J connectivity index is 1.61.